The van der Waals surface area contributed by atoms with Crippen molar-refractivity contribution in [2.24, 2.45) is 29.1 Å². The third kappa shape index (κ3) is 7.62. The first-order valence-electron chi connectivity index (χ1n) is 10.6. The number of alkyl halides is 3. The van der Waals surface area contributed by atoms with Crippen LogP contribution in [0.3, 0.4) is 0 Å². The highest BCUT2D eigenvalue weighted by Gasteiger charge is 2.50. The Morgan fingerprint density at radius 1 is 1.04 bits per heavy atom. The van der Waals surface area contributed by atoms with E-state index in [-0.39, 0.29) is 6.42 Å². The first-order valence-corrected chi connectivity index (χ1v) is 11.9. The highest BCUT2D eigenvalue weighted by molar-refractivity contribution is 14.1. The van der Waals surface area contributed by atoms with Crippen LogP contribution in [0.2, 0.25) is 0 Å². The molecule has 2 fully saturated rings. The molecule has 148 valence electrons. The summed E-state index contributed by atoms with van der Waals surface area (Å²) in [5.74, 6) is 0.322. The fourth-order valence-electron chi connectivity index (χ4n) is 5.30. The predicted octanol–water partition coefficient (Wildman–Crippen LogP) is 8.27. The lowest BCUT2D eigenvalue weighted by molar-refractivity contribution is 0.00592. The standard InChI is InChI=1S/C22H39F2I/c1-16(2)13-18(14-17(3)9-10-21(4,23)24)15-22(11-12-22)19-5-7-20(25)8-6-19/h16-20H,5-15H2,1-4H3. The normalized spacial score (nSPS) is 28.8. The third-order valence-electron chi connectivity index (χ3n) is 6.73. The molecule has 2 atom stereocenters. The van der Waals surface area contributed by atoms with Crippen LogP contribution in [-0.2, 0) is 0 Å². The number of halogens is 3. The average Bonchev–Trinajstić information content (AvgIpc) is 3.25. The molecule has 0 heterocycles. The molecule has 2 rings (SSSR count). The molecule has 0 radical (unpaired) electrons. The summed E-state index contributed by atoms with van der Waals surface area (Å²) >= 11 is 2.63. The predicted molar refractivity (Wildman–Crippen MR) is 113 cm³/mol. The topological polar surface area (TPSA) is 0 Å². The molecule has 2 saturated carbocycles. The molecule has 25 heavy (non-hydrogen) atoms. The second kappa shape index (κ2) is 9.19. The van der Waals surface area contributed by atoms with Gasteiger partial charge >= 0.3 is 0 Å². The van der Waals surface area contributed by atoms with Crippen molar-refractivity contribution in [2.45, 2.75) is 108 Å². The van der Waals surface area contributed by atoms with Gasteiger partial charge in [0.2, 0.25) is 5.92 Å². The van der Waals surface area contributed by atoms with Gasteiger partial charge < -0.3 is 0 Å². The lowest BCUT2D eigenvalue weighted by atomic mass is 9.71. The molecule has 0 aromatic rings. The van der Waals surface area contributed by atoms with Crippen LogP contribution in [0.4, 0.5) is 8.78 Å². The highest BCUT2D eigenvalue weighted by atomic mass is 127. The van der Waals surface area contributed by atoms with Crippen molar-refractivity contribution in [1.82, 2.24) is 0 Å². The van der Waals surface area contributed by atoms with Gasteiger partial charge in [0.25, 0.3) is 0 Å². The Balaban J connectivity index is 1.88. The fraction of sp³-hybridized carbons (Fsp3) is 1.00. The number of hydrogen-bond donors (Lipinski definition) is 0. The highest BCUT2D eigenvalue weighted by Crippen LogP contribution is 2.61. The summed E-state index contributed by atoms with van der Waals surface area (Å²) in [5.41, 5.74) is 0.630. The molecule has 0 aromatic carbocycles. The van der Waals surface area contributed by atoms with Gasteiger partial charge in [-0.25, -0.2) is 8.78 Å². The summed E-state index contributed by atoms with van der Waals surface area (Å²) in [4.78, 5) is 0. The molecule has 2 aliphatic rings. The van der Waals surface area contributed by atoms with E-state index < -0.39 is 5.92 Å². The van der Waals surface area contributed by atoms with Crippen LogP contribution in [0.5, 0.6) is 0 Å². The van der Waals surface area contributed by atoms with E-state index in [0.29, 0.717) is 23.7 Å². The van der Waals surface area contributed by atoms with E-state index in [2.05, 4.69) is 43.4 Å². The van der Waals surface area contributed by atoms with E-state index in [9.17, 15) is 8.78 Å². The number of hydrogen-bond acceptors (Lipinski definition) is 0. The maximum Gasteiger partial charge on any atom is 0.245 e. The molecule has 0 amide bonds. The van der Waals surface area contributed by atoms with Gasteiger partial charge in [0.1, 0.15) is 0 Å². The summed E-state index contributed by atoms with van der Waals surface area (Å²) in [6.07, 6.45) is 13.0. The molecule has 0 aliphatic heterocycles. The van der Waals surface area contributed by atoms with Crippen LogP contribution in [-0.4, -0.2) is 9.85 Å². The largest absolute Gasteiger partial charge is 0.245 e. The van der Waals surface area contributed by atoms with Crippen molar-refractivity contribution in [3.05, 3.63) is 0 Å². The van der Waals surface area contributed by atoms with E-state index in [1.807, 2.05) is 0 Å². The molecule has 0 nitrogen and oxygen atoms in total. The third-order valence-corrected chi connectivity index (χ3v) is 7.97. The van der Waals surface area contributed by atoms with E-state index in [1.54, 1.807) is 0 Å². The van der Waals surface area contributed by atoms with Crippen molar-refractivity contribution in [3.63, 3.8) is 0 Å². The van der Waals surface area contributed by atoms with E-state index in [0.717, 1.165) is 29.1 Å². The van der Waals surface area contributed by atoms with Crippen molar-refractivity contribution >= 4 is 22.6 Å². The van der Waals surface area contributed by atoms with Gasteiger partial charge in [-0.15, -0.1) is 0 Å². The van der Waals surface area contributed by atoms with Crippen molar-refractivity contribution in [2.75, 3.05) is 0 Å². The first kappa shape index (κ1) is 21.9. The first-order chi connectivity index (χ1) is 11.6. The van der Waals surface area contributed by atoms with E-state index in [4.69, 9.17) is 0 Å². The maximum absolute atomic E-state index is 13.2. The van der Waals surface area contributed by atoms with Crippen LogP contribution in [0, 0.1) is 29.1 Å². The molecule has 0 N–H and O–H groups in total. The Morgan fingerprint density at radius 3 is 2.12 bits per heavy atom. The minimum atomic E-state index is -2.50. The summed E-state index contributed by atoms with van der Waals surface area (Å²) in [5, 5.41) is 0. The Morgan fingerprint density at radius 2 is 1.64 bits per heavy atom. The Labute approximate surface area is 168 Å². The zero-order valence-electron chi connectivity index (χ0n) is 16.8. The summed E-state index contributed by atoms with van der Waals surface area (Å²) in [7, 11) is 0. The van der Waals surface area contributed by atoms with E-state index in [1.165, 1.54) is 51.4 Å². The smallest absolute Gasteiger partial charge is 0.207 e. The van der Waals surface area contributed by atoms with Gasteiger partial charge in [0.05, 0.1) is 0 Å². The minimum Gasteiger partial charge on any atom is -0.207 e. The van der Waals surface area contributed by atoms with Crippen molar-refractivity contribution < 1.29 is 8.78 Å². The molecular weight excluding hydrogens is 429 g/mol. The molecule has 2 unspecified atom stereocenters. The Hall–Kier alpha value is 0.590. The molecule has 0 spiro atoms. The molecule has 0 saturated heterocycles. The average molecular weight is 468 g/mol. The summed E-state index contributed by atoms with van der Waals surface area (Å²) in [6, 6.07) is 0. The summed E-state index contributed by atoms with van der Waals surface area (Å²) < 4.78 is 27.3. The monoisotopic (exact) mass is 468 g/mol. The molecule has 0 bridgehead atoms. The Kier molecular flexibility index (Phi) is 8.04. The van der Waals surface area contributed by atoms with Crippen LogP contribution < -0.4 is 0 Å². The quantitative estimate of drug-likeness (QED) is 0.224. The second-order valence-corrected chi connectivity index (χ2v) is 11.7. The van der Waals surface area contributed by atoms with Crippen LogP contribution >= 0.6 is 22.6 Å². The van der Waals surface area contributed by atoms with Gasteiger partial charge in [-0.05, 0) is 100 Å². The van der Waals surface area contributed by atoms with Gasteiger partial charge in [-0.3, -0.25) is 0 Å². The van der Waals surface area contributed by atoms with Crippen molar-refractivity contribution in [1.29, 1.82) is 0 Å². The lowest BCUT2D eigenvalue weighted by Crippen LogP contribution is -2.26. The fourth-order valence-corrected chi connectivity index (χ4v) is 6.02. The zero-order chi connectivity index (χ0) is 18.7. The van der Waals surface area contributed by atoms with Crippen molar-refractivity contribution in [3.8, 4) is 0 Å². The van der Waals surface area contributed by atoms with Gasteiger partial charge in [0.15, 0.2) is 0 Å². The molecule has 3 heteroatoms. The second-order valence-electron chi connectivity index (χ2n) is 9.96. The SMILES string of the molecule is CC(C)CC(CC(C)CCC(C)(F)F)CC1(C2CCC(I)CC2)CC1. The van der Waals surface area contributed by atoms with Crippen LogP contribution in [0.15, 0.2) is 0 Å². The van der Waals surface area contributed by atoms with Crippen LogP contribution in [0.1, 0.15) is 98.3 Å². The van der Waals surface area contributed by atoms with E-state index >= 15 is 0 Å². The molecule has 2 aliphatic carbocycles. The minimum absolute atomic E-state index is 0.0490. The van der Waals surface area contributed by atoms with Crippen LogP contribution in [0.25, 0.3) is 0 Å². The summed E-state index contributed by atoms with van der Waals surface area (Å²) in [6.45, 7) is 7.89. The lowest BCUT2D eigenvalue weighted by Gasteiger charge is -2.36. The van der Waals surface area contributed by atoms with Gasteiger partial charge in [-0.1, -0.05) is 43.4 Å². The van der Waals surface area contributed by atoms with Gasteiger partial charge in [-0.2, -0.15) is 0 Å². The number of rotatable bonds is 10. The zero-order valence-corrected chi connectivity index (χ0v) is 19.0. The molecule has 0 aromatic heterocycles. The molecular formula is C22H39F2I. The maximum atomic E-state index is 13.2. The Bertz CT molecular complexity index is 389. The van der Waals surface area contributed by atoms with Gasteiger partial charge in [0, 0.05) is 10.3 Å².